The average molecular weight is 257 g/mol. The number of ether oxygens (including phenoxy) is 1. The largest absolute Gasteiger partial charge is 0.495 e. The number of methoxy groups -OCH3 is 1. The number of halogens is 1. The molecule has 1 aromatic carbocycles. The topological polar surface area (TPSA) is 64.3 Å². The maximum Gasteiger partial charge on any atom is 0.221 e. The summed E-state index contributed by atoms with van der Waals surface area (Å²) in [6.07, 6.45) is 0.336. The van der Waals surface area contributed by atoms with Gasteiger partial charge in [-0.05, 0) is 30.2 Å². The third-order valence-electron chi connectivity index (χ3n) is 2.46. The summed E-state index contributed by atoms with van der Waals surface area (Å²) in [7, 11) is 1.57. The summed E-state index contributed by atoms with van der Waals surface area (Å²) in [4.78, 5) is 11.3. The Hall–Kier alpha value is -1.26. The van der Waals surface area contributed by atoms with E-state index in [1.165, 1.54) is 0 Å². The van der Waals surface area contributed by atoms with E-state index in [0.29, 0.717) is 30.3 Å². The second-order valence-corrected chi connectivity index (χ2v) is 4.14. The van der Waals surface area contributed by atoms with Gasteiger partial charge in [-0.25, -0.2) is 0 Å². The first-order valence-corrected chi connectivity index (χ1v) is 5.76. The smallest absolute Gasteiger partial charge is 0.221 e. The quantitative estimate of drug-likeness (QED) is 0.842. The third-order valence-corrected chi connectivity index (χ3v) is 2.75. The van der Waals surface area contributed by atoms with Gasteiger partial charge in [-0.2, -0.15) is 0 Å². The minimum absolute atomic E-state index is 0.0566. The Balaban J connectivity index is 2.72. The van der Waals surface area contributed by atoms with Crippen LogP contribution in [0, 0.1) is 6.92 Å². The summed E-state index contributed by atoms with van der Waals surface area (Å²) in [6.45, 7) is 2.76. The van der Waals surface area contributed by atoms with Crippen LogP contribution >= 0.6 is 11.6 Å². The van der Waals surface area contributed by atoms with Gasteiger partial charge in [-0.3, -0.25) is 4.79 Å². The zero-order valence-electron chi connectivity index (χ0n) is 10.0. The predicted molar refractivity (Wildman–Crippen MR) is 68.3 cm³/mol. The number of nitrogens with two attached hydrogens (primary N) is 1. The van der Waals surface area contributed by atoms with Crippen LogP contribution in [0.4, 0.5) is 0 Å². The third kappa shape index (κ3) is 3.91. The van der Waals surface area contributed by atoms with E-state index in [0.717, 1.165) is 11.1 Å². The van der Waals surface area contributed by atoms with Gasteiger partial charge in [0.1, 0.15) is 5.75 Å². The zero-order chi connectivity index (χ0) is 12.8. The number of carbonyl (C=O) groups is 1. The Bertz CT molecular complexity index is 408. The molecule has 0 aliphatic rings. The average Bonchev–Trinajstić information content (AvgIpc) is 2.30. The molecule has 0 aromatic heterocycles. The number of hydrogen-bond donors (Lipinski definition) is 2. The highest BCUT2D eigenvalue weighted by molar-refractivity contribution is 6.32. The van der Waals surface area contributed by atoms with E-state index >= 15 is 0 Å². The van der Waals surface area contributed by atoms with Crippen LogP contribution in [0.25, 0.3) is 0 Å². The molecule has 1 aromatic rings. The molecular formula is C12H17ClN2O2. The van der Waals surface area contributed by atoms with Gasteiger partial charge in [0.05, 0.1) is 12.1 Å². The van der Waals surface area contributed by atoms with Crippen molar-refractivity contribution in [3.05, 3.63) is 28.3 Å². The summed E-state index contributed by atoms with van der Waals surface area (Å²) in [6, 6.07) is 3.66. The van der Waals surface area contributed by atoms with Crippen molar-refractivity contribution in [2.24, 2.45) is 5.73 Å². The fourth-order valence-corrected chi connectivity index (χ4v) is 1.72. The lowest BCUT2D eigenvalue weighted by Crippen LogP contribution is -2.25. The van der Waals surface area contributed by atoms with Crippen molar-refractivity contribution in [3.63, 3.8) is 0 Å². The highest BCUT2D eigenvalue weighted by Gasteiger charge is 2.07. The van der Waals surface area contributed by atoms with Crippen LogP contribution in [-0.4, -0.2) is 19.6 Å². The Morgan fingerprint density at radius 2 is 2.24 bits per heavy atom. The van der Waals surface area contributed by atoms with E-state index in [2.05, 4.69) is 5.32 Å². The normalized spacial score (nSPS) is 10.1. The Labute approximate surface area is 106 Å². The molecular weight excluding hydrogens is 240 g/mol. The van der Waals surface area contributed by atoms with Gasteiger partial charge in [0, 0.05) is 19.5 Å². The monoisotopic (exact) mass is 256 g/mol. The number of hydrogen-bond acceptors (Lipinski definition) is 3. The molecule has 5 heteroatoms. The molecule has 0 saturated heterocycles. The Kier molecular flexibility index (Phi) is 5.25. The first-order chi connectivity index (χ1) is 8.08. The van der Waals surface area contributed by atoms with Crippen LogP contribution in [0.1, 0.15) is 17.5 Å². The Morgan fingerprint density at radius 3 is 2.82 bits per heavy atom. The van der Waals surface area contributed by atoms with Crippen molar-refractivity contribution in [1.29, 1.82) is 0 Å². The molecule has 4 nitrogen and oxygen atoms in total. The van der Waals surface area contributed by atoms with Crippen LogP contribution in [0.3, 0.4) is 0 Å². The van der Waals surface area contributed by atoms with Gasteiger partial charge in [-0.1, -0.05) is 11.6 Å². The van der Waals surface area contributed by atoms with Gasteiger partial charge < -0.3 is 15.8 Å². The lowest BCUT2D eigenvalue weighted by molar-refractivity contribution is -0.121. The fourth-order valence-electron chi connectivity index (χ4n) is 1.46. The molecule has 94 valence electrons. The molecule has 1 rings (SSSR count). The van der Waals surface area contributed by atoms with E-state index in [-0.39, 0.29) is 5.91 Å². The molecule has 0 spiro atoms. The summed E-state index contributed by atoms with van der Waals surface area (Å²) < 4.78 is 5.11. The highest BCUT2D eigenvalue weighted by atomic mass is 35.5. The maximum atomic E-state index is 11.3. The van der Waals surface area contributed by atoms with Gasteiger partial charge in [-0.15, -0.1) is 0 Å². The van der Waals surface area contributed by atoms with E-state index in [1.807, 2.05) is 13.0 Å². The zero-order valence-corrected chi connectivity index (χ0v) is 10.8. The number of benzene rings is 1. The van der Waals surface area contributed by atoms with Crippen LogP contribution in [0.2, 0.25) is 5.02 Å². The van der Waals surface area contributed by atoms with Crippen molar-refractivity contribution in [2.45, 2.75) is 19.9 Å². The van der Waals surface area contributed by atoms with Gasteiger partial charge in [0.25, 0.3) is 0 Å². The lowest BCUT2D eigenvalue weighted by atomic mass is 10.1. The number of nitrogens with one attached hydrogen (secondary N) is 1. The van der Waals surface area contributed by atoms with E-state index in [9.17, 15) is 4.79 Å². The minimum Gasteiger partial charge on any atom is -0.495 e. The summed E-state index contributed by atoms with van der Waals surface area (Å²) in [5.41, 5.74) is 7.29. The molecule has 0 heterocycles. The second kappa shape index (κ2) is 6.47. The minimum atomic E-state index is -0.0566. The van der Waals surface area contributed by atoms with Crippen molar-refractivity contribution < 1.29 is 9.53 Å². The van der Waals surface area contributed by atoms with E-state index in [4.69, 9.17) is 22.1 Å². The van der Waals surface area contributed by atoms with Gasteiger partial charge in [0.15, 0.2) is 0 Å². The van der Waals surface area contributed by atoms with Crippen LogP contribution in [0.15, 0.2) is 12.1 Å². The summed E-state index contributed by atoms with van der Waals surface area (Å²) in [5, 5.41) is 3.33. The molecule has 1 amide bonds. The van der Waals surface area contributed by atoms with Crippen molar-refractivity contribution in [2.75, 3.05) is 13.7 Å². The first kappa shape index (κ1) is 13.8. The maximum absolute atomic E-state index is 11.3. The van der Waals surface area contributed by atoms with Crippen LogP contribution in [-0.2, 0) is 11.3 Å². The lowest BCUT2D eigenvalue weighted by Gasteiger charge is -2.11. The predicted octanol–water partition coefficient (Wildman–Crippen LogP) is 1.62. The van der Waals surface area contributed by atoms with E-state index < -0.39 is 0 Å². The molecule has 0 saturated carbocycles. The molecule has 0 unspecified atom stereocenters. The van der Waals surface area contributed by atoms with Crippen molar-refractivity contribution in [3.8, 4) is 5.75 Å². The van der Waals surface area contributed by atoms with E-state index in [1.54, 1.807) is 13.2 Å². The van der Waals surface area contributed by atoms with Gasteiger partial charge >= 0.3 is 0 Å². The molecule has 0 aliphatic carbocycles. The second-order valence-electron chi connectivity index (χ2n) is 3.73. The molecule has 0 fully saturated rings. The summed E-state index contributed by atoms with van der Waals surface area (Å²) >= 11 is 6.02. The summed E-state index contributed by atoms with van der Waals surface area (Å²) in [5.74, 6) is 0.583. The van der Waals surface area contributed by atoms with Gasteiger partial charge in [0.2, 0.25) is 5.91 Å². The molecule has 0 aliphatic heterocycles. The molecule has 0 bridgehead atoms. The Morgan fingerprint density at radius 1 is 1.53 bits per heavy atom. The van der Waals surface area contributed by atoms with Crippen LogP contribution in [0.5, 0.6) is 5.75 Å². The fraction of sp³-hybridized carbons (Fsp3) is 0.417. The molecule has 17 heavy (non-hydrogen) atoms. The number of aryl methyl sites for hydroxylation is 1. The number of rotatable bonds is 5. The number of amides is 1. The van der Waals surface area contributed by atoms with Crippen molar-refractivity contribution >= 4 is 17.5 Å². The molecule has 3 N–H and O–H groups in total. The van der Waals surface area contributed by atoms with Crippen molar-refractivity contribution in [1.82, 2.24) is 5.32 Å². The number of carbonyl (C=O) groups excluding carboxylic acids is 1. The SMILES string of the molecule is COc1cc(C)c(CNC(=O)CCN)cc1Cl. The first-order valence-electron chi connectivity index (χ1n) is 5.38. The standard InChI is InChI=1S/C12H17ClN2O2/c1-8-5-11(17-2)10(13)6-9(8)7-15-12(16)3-4-14/h5-6H,3-4,7,14H2,1-2H3,(H,15,16). The molecule has 0 radical (unpaired) electrons. The molecule has 0 atom stereocenters. The highest BCUT2D eigenvalue weighted by Crippen LogP contribution is 2.27. The van der Waals surface area contributed by atoms with Crippen LogP contribution < -0.4 is 15.8 Å².